The van der Waals surface area contributed by atoms with Crippen LogP contribution in [-0.2, 0) is 0 Å². The predicted octanol–water partition coefficient (Wildman–Crippen LogP) is 0.221. The molecule has 0 aliphatic carbocycles. The van der Waals surface area contributed by atoms with Gasteiger partial charge in [0, 0.05) is 37.3 Å². The molecule has 1 heterocycles. The second-order valence-electron chi connectivity index (χ2n) is 4.51. The van der Waals surface area contributed by atoms with Gasteiger partial charge in [-0.25, -0.2) is 4.79 Å². The molecule has 20 heavy (non-hydrogen) atoms. The number of nitrogens with two attached hydrogens (primary N) is 1. The van der Waals surface area contributed by atoms with Crippen molar-refractivity contribution in [1.29, 1.82) is 0 Å². The summed E-state index contributed by atoms with van der Waals surface area (Å²) in [4.78, 5) is 37.0. The first-order valence-corrected chi connectivity index (χ1v) is 6.16. The van der Waals surface area contributed by atoms with E-state index in [1.807, 2.05) is 0 Å². The molecule has 3 N–H and O–H groups in total. The Morgan fingerprint density at radius 1 is 1.00 bits per heavy atom. The van der Waals surface area contributed by atoms with Gasteiger partial charge in [-0.2, -0.15) is 0 Å². The fourth-order valence-electron chi connectivity index (χ4n) is 2.09. The molecule has 106 valence electrons. The van der Waals surface area contributed by atoms with Gasteiger partial charge in [0.25, 0.3) is 5.91 Å². The van der Waals surface area contributed by atoms with Crippen molar-refractivity contribution in [1.82, 2.24) is 9.80 Å². The summed E-state index contributed by atoms with van der Waals surface area (Å²) in [5.41, 5.74) is 5.83. The maximum Gasteiger partial charge on any atom is 0.407 e. The van der Waals surface area contributed by atoms with Crippen LogP contribution in [0.2, 0.25) is 0 Å². The number of hydrogen-bond donors (Lipinski definition) is 2. The van der Waals surface area contributed by atoms with Crippen molar-refractivity contribution in [2.24, 2.45) is 5.73 Å². The monoisotopic (exact) mass is 277 g/mol. The third-order valence-corrected chi connectivity index (χ3v) is 3.23. The summed E-state index contributed by atoms with van der Waals surface area (Å²) < 4.78 is 0. The quantitative estimate of drug-likeness (QED) is 0.806. The Morgan fingerprint density at radius 3 is 2.10 bits per heavy atom. The molecule has 0 unspecified atom stereocenters. The SMILES string of the molecule is NC(=O)c1cccc(C(=O)N2CCN(C(=O)O)CC2)c1. The van der Waals surface area contributed by atoms with Crippen LogP contribution in [0.5, 0.6) is 0 Å². The number of piperazine rings is 1. The summed E-state index contributed by atoms with van der Waals surface area (Å²) in [6.07, 6.45) is -0.979. The van der Waals surface area contributed by atoms with Crippen LogP contribution in [-0.4, -0.2) is 59.0 Å². The largest absolute Gasteiger partial charge is 0.465 e. The second kappa shape index (κ2) is 5.60. The molecule has 0 spiro atoms. The lowest BCUT2D eigenvalue weighted by Gasteiger charge is -2.33. The number of carbonyl (C=O) groups is 3. The Hall–Kier alpha value is -2.57. The van der Waals surface area contributed by atoms with E-state index in [2.05, 4.69) is 0 Å². The van der Waals surface area contributed by atoms with Gasteiger partial charge in [-0.15, -0.1) is 0 Å². The van der Waals surface area contributed by atoms with Gasteiger partial charge < -0.3 is 20.6 Å². The predicted molar refractivity (Wildman–Crippen MR) is 70.5 cm³/mol. The van der Waals surface area contributed by atoms with Gasteiger partial charge in [0.15, 0.2) is 0 Å². The first-order valence-electron chi connectivity index (χ1n) is 6.16. The smallest absolute Gasteiger partial charge is 0.407 e. The molecule has 2 rings (SSSR count). The van der Waals surface area contributed by atoms with E-state index in [0.717, 1.165) is 0 Å². The molecule has 1 fully saturated rings. The molecular weight excluding hydrogens is 262 g/mol. The molecule has 7 heteroatoms. The minimum atomic E-state index is -0.979. The molecule has 1 aromatic carbocycles. The fraction of sp³-hybridized carbons (Fsp3) is 0.308. The van der Waals surface area contributed by atoms with Crippen molar-refractivity contribution < 1.29 is 19.5 Å². The van der Waals surface area contributed by atoms with Gasteiger partial charge in [0.1, 0.15) is 0 Å². The number of amides is 3. The zero-order valence-corrected chi connectivity index (χ0v) is 10.8. The highest BCUT2D eigenvalue weighted by molar-refractivity contribution is 5.99. The molecule has 0 atom stereocenters. The number of carboxylic acid groups (broad SMARTS) is 1. The molecule has 7 nitrogen and oxygen atoms in total. The summed E-state index contributed by atoms with van der Waals surface area (Å²) in [5.74, 6) is -0.812. The van der Waals surface area contributed by atoms with E-state index in [4.69, 9.17) is 10.8 Å². The van der Waals surface area contributed by atoms with Gasteiger partial charge >= 0.3 is 6.09 Å². The van der Waals surface area contributed by atoms with Crippen molar-refractivity contribution in [3.05, 3.63) is 35.4 Å². The topological polar surface area (TPSA) is 104 Å². The van der Waals surface area contributed by atoms with Crippen LogP contribution in [0.25, 0.3) is 0 Å². The number of carbonyl (C=O) groups excluding carboxylic acids is 2. The number of primary amides is 1. The lowest BCUT2D eigenvalue weighted by molar-refractivity contribution is 0.0625. The minimum Gasteiger partial charge on any atom is -0.465 e. The Kier molecular flexibility index (Phi) is 3.88. The van der Waals surface area contributed by atoms with E-state index in [9.17, 15) is 14.4 Å². The molecule has 1 aliphatic rings. The first kappa shape index (κ1) is 13.9. The van der Waals surface area contributed by atoms with Crippen molar-refractivity contribution >= 4 is 17.9 Å². The van der Waals surface area contributed by atoms with E-state index in [1.54, 1.807) is 23.1 Å². The Balaban J connectivity index is 2.07. The first-order chi connectivity index (χ1) is 9.49. The van der Waals surface area contributed by atoms with E-state index in [0.29, 0.717) is 18.7 Å². The van der Waals surface area contributed by atoms with Crippen molar-refractivity contribution in [3.8, 4) is 0 Å². The van der Waals surface area contributed by atoms with E-state index < -0.39 is 12.0 Å². The maximum absolute atomic E-state index is 12.3. The van der Waals surface area contributed by atoms with Crippen LogP contribution in [0.3, 0.4) is 0 Å². The molecule has 0 radical (unpaired) electrons. The van der Waals surface area contributed by atoms with Crippen LogP contribution in [0.4, 0.5) is 4.79 Å². The lowest BCUT2D eigenvalue weighted by Crippen LogP contribution is -2.50. The molecule has 0 saturated carbocycles. The minimum absolute atomic E-state index is 0.224. The molecule has 1 aromatic rings. The zero-order chi connectivity index (χ0) is 14.7. The van der Waals surface area contributed by atoms with E-state index in [1.165, 1.54) is 11.0 Å². The van der Waals surface area contributed by atoms with E-state index >= 15 is 0 Å². The number of nitrogens with zero attached hydrogens (tertiary/aromatic N) is 2. The van der Waals surface area contributed by atoms with Crippen LogP contribution in [0.15, 0.2) is 24.3 Å². The normalized spacial score (nSPS) is 15.0. The Bertz CT molecular complexity index is 550. The van der Waals surface area contributed by atoms with Gasteiger partial charge in [-0.1, -0.05) is 6.07 Å². The molecule has 1 saturated heterocycles. The van der Waals surface area contributed by atoms with Gasteiger partial charge in [0.05, 0.1) is 0 Å². The molecule has 3 amide bonds. The molecule has 1 aliphatic heterocycles. The number of rotatable bonds is 2. The Morgan fingerprint density at radius 2 is 1.55 bits per heavy atom. The second-order valence-corrected chi connectivity index (χ2v) is 4.51. The average molecular weight is 277 g/mol. The van der Waals surface area contributed by atoms with Crippen molar-refractivity contribution in [2.45, 2.75) is 0 Å². The summed E-state index contributed by atoms with van der Waals surface area (Å²) in [6.45, 7) is 1.25. The molecular formula is C13H15N3O4. The van der Waals surface area contributed by atoms with Crippen molar-refractivity contribution in [3.63, 3.8) is 0 Å². The lowest BCUT2D eigenvalue weighted by atomic mass is 10.1. The summed E-state index contributed by atoms with van der Waals surface area (Å²) in [7, 11) is 0. The standard InChI is InChI=1S/C13H15N3O4/c14-11(17)9-2-1-3-10(8-9)12(18)15-4-6-16(7-5-15)13(19)20/h1-3,8H,4-7H2,(H2,14,17)(H,19,20). The maximum atomic E-state index is 12.3. The van der Waals surface area contributed by atoms with Crippen LogP contribution < -0.4 is 5.73 Å². The summed E-state index contributed by atoms with van der Waals surface area (Å²) in [5, 5.41) is 8.85. The third kappa shape index (κ3) is 2.87. The van der Waals surface area contributed by atoms with Gasteiger partial charge in [0.2, 0.25) is 5.91 Å². The third-order valence-electron chi connectivity index (χ3n) is 3.23. The number of benzene rings is 1. The van der Waals surface area contributed by atoms with Crippen LogP contribution in [0, 0.1) is 0 Å². The zero-order valence-electron chi connectivity index (χ0n) is 10.8. The van der Waals surface area contributed by atoms with Gasteiger partial charge in [-0.3, -0.25) is 9.59 Å². The number of hydrogen-bond acceptors (Lipinski definition) is 3. The highest BCUT2D eigenvalue weighted by Gasteiger charge is 2.24. The fourth-order valence-corrected chi connectivity index (χ4v) is 2.09. The summed E-state index contributed by atoms with van der Waals surface area (Å²) in [6, 6.07) is 6.20. The van der Waals surface area contributed by atoms with Gasteiger partial charge in [-0.05, 0) is 18.2 Å². The average Bonchev–Trinajstić information content (AvgIpc) is 2.46. The highest BCUT2D eigenvalue weighted by Crippen LogP contribution is 2.11. The van der Waals surface area contributed by atoms with Crippen LogP contribution >= 0.6 is 0 Å². The van der Waals surface area contributed by atoms with E-state index in [-0.39, 0.29) is 24.6 Å². The van der Waals surface area contributed by atoms with Crippen LogP contribution in [0.1, 0.15) is 20.7 Å². The highest BCUT2D eigenvalue weighted by atomic mass is 16.4. The Labute approximate surface area is 115 Å². The molecule has 0 bridgehead atoms. The summed E-state index contributed by atoms with van der Waals surface area (Å²) >= 11 is 0. The van der Waals surface area contributed by atoms with Crippen molar-refractivity contribution in [2.75, 3.05) is 26.2 Å². The molecule has 0 aromatic heterocycles.